The van der Waals surface area contributed by atoms with Crippen molar-refractivity contribution >= 4 is 21.4 Å². The van der Waals surface area contributed by atoms with Crippen LogP contribution in [0.15, 0.2) is 40.9 Å². The van der Waals surface area contributed by atoms with E-state index in [1.54, 1.807) is 6.07 Å². The monoisotopic (exact) mass is 326 g/mol. The van der Waals surface area contributed by atoms with Gasteiger partial charge in [0.05, 0.1) is 6.61 Å². The van der Waals surface area contributed by atoms with E-state index >= 15 is 0 Å². The van der Waals surface area contributed by atoms with Crippen molar-refractivity contribution < 1.29 is 13.5 Å². The predicted molar refractivity (Wildman–Crippen MR) is 82.3 cm³/mol. The lowest BCUT2D eigenvalue weighted by atomic mass is 10.3. The Kier molecular flexibility index (Phi) is 5.10. The first kappa shape index (κ1) is 16.1. The average Bonchev–Trinajstić information content (AvgIpc) is 2.97. The minimum atomic E-state index is -3.65. The van der Waals surface area contributed by atoms with E-state index in [0.29, 0.717) is 12.1 Å². The van der Waals surface area contributed by atoms with Gasteiger partial charge in [0.2, 0.25) is 0 Å². The zero-order valence-corrected chi connectivity index (χ0v) is 13.6. The van der Waals surface area contributed by atoms with Crippen LogP contribution in [0.25, 0.3) is 0 Å². The smallest absolute Gasteiger partial charge is 0.261 e. The molecule has 0 bridgehead atoms. The summed E-state index contributed by atoms with van der Waals surface area (Å²) in [5.74, 6) is 0. The van der Waals surface area contributed by atoms with Crippen molar-refractivity contribution in [3.8, 4) is 0 Å². The summed E-state index contributed by atoms with van der Waals surface area (Å²) in [5.41, 5.74) is 0.586. The Bertz CT molecular complexity index is 665. The molecule has 7 heteroatoms. The molecule has 0 saturated heterocycles. The summed E-state index contributed by atoms with van der Waals surface area (Å²) < 4.78 is 26.8. The summed E-state index contributed by atoms with van der Waals surface area (Å²) in [6, 6.07) is 6.65. The van der Waals surface area contributed by atoms with E-state index in [-0.39, 0.29) is 17.7 Å². The van der Waals surface area contributed by atoms with Crippen LogP contribution in [0.2, 0.25) is 0 Å². The second-order valence-electron chi connectivity index (χ2n) is 4.89. The van der Waals surface area contributed by atoms with E-state index in [0.717, 1.165) is 4.88 Å². The highest BCUT2D eigenvalue weighted by Gasteiger charge is 2.28. The van der Waals surface area contributed by atoms with Crippen molar-refractivity contribution in [3.05, 3.63) is 46.3 Å². The number of thiophene rings is 1. The van der Waals surface area contributed by atoms with Crippen molar-refractivity contribution in [1.82, 2.24) is 9.29 Å². The Morgan fingerprint density at radius 1 is 1.33 bits per heavy atom. The highest BCUT2D eigenvalue weighted by atomic mass is 32.2. The van der Waals surface area contributed by atoms with Crippen LogP contribution in [0.1, 0.15) is 24.3 Å². The molecule has 0 fully saturated rings. The zero-order chi connectivity index (χ0) is 15.5. The molecule has 2 aromatic heterocycles. The van der Waals surface area contributed by atoms with Crippen LogP contribution >= 0.6 is 11.3 Å². The largest absolute Gasteiger partial charge is 0.392 e. The minimum Gasteiger partial charge on any atom is -0.392 e. The van der Waals surface area contributed by atoms with Crippen LogP contribution in [0.3, 0.4) is 0 Å². The van der Waals surface area contributed by atoms with E-state index < -0.39 is 10.0 Å². The molecule has 0 aliphatic heterocycles. The van der Waals surface area contributed by atoms with Gasteiger partial charge < -0.3 is 5.11 Å². The molecule has 0 amide bonds. The van der Waals surface area contributed by atoms with E-state index in [1.807, 2.05) is 31.4 Å². The van der Waals surface area contributed by atoms with E-state index in [2.05, 4.69) is 4.98 Å². The molecule has 2 rings (SSSR count). The highest BCUT2D eigenvalue weighted by Crippen LogP contribution is 2.21. The quantitative estimate of drug-likeness (QED) is 0.884. The van der Waals surface area contributed by atoms with Gasteiger partial charge in [-0.25, -0.2) is 13.4 Å². The van der Waals surface area contributed by atoms with Crippen molar-refractivity contribution in [2.45, 2.75) is 38.1 Å². The second-order valence-corrected chi connectivity index (χ2v) is 7.76. The van der Waals surface area contributed by atoms with Gasteiger partial charge in [-0.15, -0.1) is 11.3 Å². The first-order valence-corrected chi connectivity index (χ1v) is 8.87. The SMILES string of the molecule is CC(C)N(Cc1cccs1)S(=O)(=O)c1ccc(CO)cn1. The first-order valence-electron chi connectivity index (χ1n) is 6.55. The van der Waals surface area contributed by atoms with E-state index in [1.165, 1.54) is 27.9 Å². The average molecular weight is 326 g/mol. The van der Waals surface area contributed by atoms with Crippen molar-refractivity contribution in [2.24, 2.45) is 0 Å². The zero-order valence-electron chi connectivity index (χ0n) is 11.9. The van der Waals surface area contributed by atoms with Gasteiger partial charge in [-0.3, -0.25) is 0 Å². The Balaban J connectivity index is 2.32. The molecule has 0 radical (unpaired) electrons. The maximum absolute atomic E-state index is 12.7. The first-order chi connectivity index (χ1) is 9.95. The van der Waals surface area contributed by atoms with Crippen LogP contribution in [0.4, 0.5) is 0 Å². The predicted octanol–water partition coefficient (Wildman–Crippen LogP) is 2.23. The van der Waals surface area contributed by atoms with Gasteiger partial charge in [0, 0.05) is 23.7 Å². The molecule has 21 heavy (non-hydrogen) atoms. The molecule has 0 atom stereocenters. The Labute approximate surface area is 128 Å². The molecule has 1 N–H and O–H groups in total. The maximum Gasteiger partial charge on any atom is 0.261 e. The Morgan fingerprint density at radius 3 is 2.57 bits per heavy atom. The standard InChI is InChI=1S/C14H18N2O3S2/c1-11(2)16(9-13-4-3-7-20-13)21(18,19)14-6-5-12(10-17)8-15-14/h3-8,11,17H,9-10H2,1-2H3. The summed E-state index contributed by atoms with van der Waals surface area (Å²) in [7, 11) is -3.65. The van der Waals surface area contributed by atoms with Crippen LogP contribution in [0, 0.1) is 0 Å². The number of pyridine rings is 1. The summed E-state index contributed by atoms with van der Waals surface area (Å²) in [6.07, 6.45) is 1.39. The maximum atomic E-state index is 12.7. The van der Waals surface area contributed by atoms with Crippen molar-refractivity contribution in [1.29, 1.82) is 0 Å². The molecular formula is C14H18N2O3S2. The Morgan fingerprint density at radius 2 is 2.10 bits per heavy atom. The number of rotatable bonds is 6. The van der Waals surface area contributed by atoms with Gasteiger partial charge >= 0.3 is 0 Å². The molecule has 5 nitrogen and oxygen atoms in total. The molecule has 114 valence electrons. The summed E-state index contributed by atoms with van der Waals surface area (Å²) in [5, 5.41) is 10.9. The molecule has 2 aromatic rings. The van der Waals surface area contributed by atoms with Crippen LogP contribution in [0.5, 0.6) is 0 Å². The van der Waals surface area contributed by atoms with E-state index in [4.69, 9.17) is 5.11 Å². The number of hydrogen-bond donors (Lipinski definition) is 1. The molecule has 0 aromatic carbocycles. The second kappa shape index (κ2) is 6.65. The summed E-state index contributed by atoms with van der Waals surface area (Å²) in [4.78, 5) is 4.95. The third-order valence-electron chi connectivity index (χ3n) is 3.02. The lowest BCUT2D eigenvalue weighted by Gasteiger charge is -2.24. The van der Waals surface area contributed by atoms with Crippen molar-refractivity contribution in [3.63, 3.8) is 0 Å². The number of aromatic nitrogens is 1. The van der Waals surface area contributed by atoms with Gasteiger partial charge in [0.25, 0.3) is 10.0 Å². The molecule has 0 spiro atoms. The molecule has 0 aliphatic rings. The highest BCUT2D eigenvalue weighted by molar-refractivity contribution is 7.89. The number of hydrogen-bond acceptors (Lipinski definition) is 5. The fourth-order valence-electron chi connectivity index (χ4n) is 1.88. The lowest BCUT2D eigenvalue weighted by Crippen LogP contribution is -2.36. The number of nitrogens with zero attached hydrogens (tertiary/aromatic N) is 2. The van der Waals surface area contributed by atoms with Gasteiger partial charge in [0.1, 0.15) is 0 Å². The number of aliphatic hydroxyl groups is 1. The topological polar surface area (TPSA) is 70.5 Å². The molecular weight excluding hydrogens is 308 g/mol. The molecule has 2 heterocycles. The van der Waals surface area contributed by atoms with Gasteiger partial charge in [-0.05, 0) is 36.9 Å². The molecule has 0 aliphatic carbocycles. The molecule has 0 saturated carbocycles. The number of aliphatic hydroxyl groups excluding tert-OH is 1. The lowest BCUT2D eigenvalue weighted by molar-refractivity contribution is 0.281. The minimum absolute atomic E-state index is 0.00459. The summed E-state index contributed by atoms with van der Waals surface area (Å²) >= 11 is 1.53. The van der Waals surface area contributed by atoms with Crippen LogP contribution in [-0.2, 0) is 23.2 Å². The van der Waals surface area contributed by atoms with Gasteiger partial charge in [-0.1, -0.05) is 12.1 Å². The Hall–Kier alpha value is -1.28. The third kappa shape index (κ3) is 3.68. The normalized spacial score (nSPS) is 12.2. The van der Waals surface area contributed by atoms with E-state index in [9.17, 15) is 8.42 Å². The summed E-state index contributed by atoms with van der Waals surface area (Å²) in [6.45, 7) is 3.86. The van der Waals surface area contributed by atoms with Crippen LogP contribution in [-0.4, -0.2) is 28.9 Å². The fraction of sp³-hybridized carbons (Fsp3) is 0.357. The molecule has 0 unspecified atom stereocenters. The third-order valence-corrected chi connectivity index (χ3v) is 5.82. The van der Waals surface area contributed by atoms with Gasteiger partial charge in [-0.2, -0.15) is 4.31 Å². The van der Waals surface area contributed by atoms with Crippen molar-refractivity contribution in [2.75, 3.05) is 0 Å². The van der Waals surface area contributed by atoms with Crippen LogP contribution < -0.4 is 0 Å². The number of sulfonamides is 1. The fourth-order valence-corrected chi connectivity index (χ4v) is 4.19. The van der Waals surface area contributed by atoms with Gasteiger partial charge in [0.15, 0.2) is 5.03 Å².